The normalized spacial score (nSPS) is 18.1. The van der Waals surface area contributed by atoms with Gasteiger partial charge in [0.25, 0.3) is 0 Å². The highest BCUT2D eigenvalue weighted by Gasteiger charge is 2.28. The van der Waals surface area contributed by atoms with E-state index < -0.39 is 9.84 Å². The molecule has 1 aliphatic heterocycles. The summed E-state index contributed by atoms with van der Waals surface area (Å²) in [4.78, 5) is 20.4. The van der Waals surface area contributed by atoms with Crippen molar-refractivity contribution in [2.45, 2.75) is 26.3 Å². The molecule has 1 saturated heterocycles. The van der Waals surface area contributed by atoms with Gasteiger partial charge in [-0.15, -0.1) is 0 Å². The summed E-state index contributed by atoms with van der Waals surface area (Å²) in [5.74, 6) is 0.897. The van der Waals surface area contributed by atoms with Crippen molar-refractivity contribution in [2.24, 2.45) is 0 Å². The zero-order valence-corrected chi connectivity index (χ0v) is 16.0. The molecule has 1 unspecified atom stereocenters. The number of carbonyl (C=O) groups is 1. The third-order valence-corrected chi connectivity index (χ3v) is 5.86. The monoisotopic (exact) mass is 390 g/mol. The molecule has 2 heterocycles. The van der Waals surface area contributed by atoms with Crippen molar-refractivity contribution in [3.8, 4) is 0 Å². The van der Waals surface area contributed by atoms with Crippen molar-refractivity contribution >= 4 is 33.3 Å². The molecule has 1 fully saturated rings. The predicted octanol–water partition coefficient (Wildman–Crippen LogP) is 2.30. The highest BCUT2D eigenvalue weighted by atomic mass is 32.2. The van der Waals surface area contributed by atoms with E-state index >= 15 is 0 Å². The molecule has 0 spiro atoms. The fourth-order valence-corrected chi connectivity index (χ4v) is 4.51. The lowest BCUT2D eigenvalue weighted by atomic mass is 10.2. The summed E-state index contributed by atoms with van der Waals surface area (Å²) in [6.45, 7) is 3.93. The van der Waals surface area contributed by atoms with E-state index in [0.29, 0.717) is 30.4 Å². The third-order valence-electron chi connectivity index (χ3n) is 4.09. The summed E-state index contributed by atoms with van der Waals surface area (Å²) >= 11 is 0. The molecule has 3 rings (SSSR count). The van der Waals surface area contributed by atoms with Gasteiger partial charge in [0.2, 0.25) is 5.95 Å². The number of carbonyl (C=O) groups excluding carboxylic acids is 1. The van der Waals surface area contributed by atoms with Crippen LogP contribution in [-0.4, -0.2) is 48.5 Å². The lowest BCUT2D eigenvalue weighted by molar-refractivity contribution is 0.0526. The van der Waals surface area contributed by atoms with Gasteiger partial charge in [0, 0.05) is 23.5 Å². The van der Waals surface area contributed by atoms with Gasteiger partial charge in [0.1, 0.15) is 5.82 Å². The van der Waals surface area contributed by atoms with Gasteiger partial charge >= 0.3 is 5.97 Å². The first kappa shape index (κ1) is 19.1. The number of hydrogen-bond acceptors (Lipinski definition) is 8. The number of nitrogens with zero attached hydrogens (tertiary/aromatic N) is 2. The van der Waals surface area contributed by atoms with E-state index in [1.54, 1.807) is 37.3 Å². The van der Waals surface area contributed by atoms with E-state index in [1.807, 2.05) is 6.92 Å². The minimum atomic E-state index is -2.97. The van der Waals surface area contributed by atoms with Gasteiger partial charge in [-0.05, 0) is 44.5 Å². The standard InChI is InChI=1S/C18H22N4O4S/c1-3-26-17(23)13-4-6-14(7-5-13)20-16-10-12(2)19-18(22-16)21-15-8-9-27(24,25)11-15/h4-7,10,15H,3,8-9,11H2,1-2H3,(H2,19,20,21,22). The average Bonchev–Trinajstić information content (AvgIpc) is 2.93. The molecular weight excluding hydrogens is 368 g/mol. The third kappa shape index (κ3) is 5.16. The van der Waals surface area contributed by atoms with Gasteiger partial charge in [-0.2, -0.15) is 4.98 Å². The number of anilines is 3. The Bertz CT molecular complexity index is 929. The van der Waals surface area contributed by atoms with Crippen LogP contribution in [0.25, 0.3) is 0 Å². The molecule has 27 heavy (non-hydrogen) atoms. The number of rotatable bonds is 6. The van der Waals surface area contributed by atoms with Crippen molar-refractivity contribution in [2.75, 3.05) is 28.7 Å². The molecule has 1 aromatic carbocycles. The second-order valence-electron chi connectivity index (χ2n) is 6.39. The molecule has 2 N–H and O–H groups in total. The Hall–Kier alpha value is -2.68. The summed E-state index contributed by atoms with van der Waals surface area (Å²) in [7, 11) is -2.97. The van der Waals surface area contributed by atoms with Gasteiger partial charge in [0.15, 0.2) is 9.84 Å². The van der Waals surface area contributed by atoms with E-state index in [2.05, 4.69) is 20.6 Å². The van der Waals surface area contributed by atoms with Crippen molar-refractivity contribution in [3.05, 3.63) is 41.6 Å². The molecule has 2 aromatic rings. The van der Waals surface area contributed by atoms with Crippen LogP contribution in [0.15, 0.2) is 30.3 Å². The Labute approximate surface area is 158 Å². The molecule has 1 aliphatic rings. The molecular formula is C18H22N4O4S. The van der Waals surface area contributed by atoms with E-state index in [0.717, 1.165) is 11.4 Å². The quantitative estimate of drug-likeness (QED) is 0.723. The maximum absolute atomic E-state index is 11.7. The summed E-state index contributed by atoms with van der Waals surface area (Å²) in [5.41, 5.74) is 1.99. The zero-order chi connectivity index (χ0) is 19.4. The fourth-order valence-electron chi connectivity index (χ4n) is 2.84. The molecule has 1 atom stereocenters. The van der Waals surface area contributed by atoms with Crippen molar-refractivity contribution in [3.63, 3.8) is 0 Å². The molecule has 144 valence electrons. The maximum Gasteiger partial charge on any atom is 0.338 e. The first-order chi connectivity index (χ1) is 12.8. The molecule has 1 aromatic heterocycles. The Morgan fingerprint density at radius 3 is 2.63 bits per heavy atom. The van der Waals surface area contributed by atoms with E-state index in [4.69, 9.17) is 4.74 Å². The minimum absolute atomic E-state index is 0.0996. The molecule has 0 aliphatic carbocycles. The van der Waals surface area contributed by atoms with Gasteiger partial charge in [-0.1, -0.05) is 0 Å². The molecule has 0 amide bonds. The second kappa shape index (κ2) is 7.91. The second-order valence-corrected chi connectivity index (χ2v) is 8.61. The van der Waals surface area contributed by atoms with E-state index in [9.17, 15) is 13.2 Å². The SMILES string of the molecule is CCOC(=O)c1ccc(Nc2cc(C)nc(NC3CCS(=O)(=O)C3)n2)cc1. The van der Waals surface area contributed by atoms with E-state index in [1.165, 1.54) is 0 Å². The number of benzene rings is 1. The predicted molar refractivity (Wildman–Crippen MR) is 103 cm³/mol. The number of esters is 1. The number of ether oxygens (including phenoxy) is 1. The first-order valence-electron chi connectivity index (χ1n) is 8.71. The summed E-state index contributed by atoms with van der Waals surface area (Å²) in [6, 6.07) is 8.50. The van der Waals surface area contributed by atoms with Crippen molar-refractivity contribution in [1.82, 2.24) is 9.97 Å². The van der Waals surface area contributed by atoms with Crippen molar-refractivity contribution < 1.29 is 17.9 Å². The lowest BCUT2D eigenvalue weighted by Gasteiger charge is -2.13. The summed E-state index contributed by atoms with van der Waals surface area (Å²) in [5, 5.41) is 6.26. The number of aromatic nitrogens is 2. The largest absolute Gasteiger partial charge is 0.462 e. The van der Waals surface area contributed by atoms with Crippen LogP contribution in [0.4, 0.5) is 17.5 Å². The van der Waals surface area contributed by atoms with Crippen LogP contribution in [-0.2, 0) is 14.6 Å². The molecule has 9 heteroatoms. The van der Waals surface area contributed by atoms with Crippen LogP contribution in [0.1, 0.15) is 29.4 Å². The van der Waals surface area contributed by atoms with Gasteiger partial charge < -0.3 is 15.4 Å². The molecule has 8 nitrogen and oxygen atoms in total. The smallest absolute Gasteiger partial charge is 0.338 e. The maximum atomic E-state index is 11.7. The van der Waals surface area contributed by atoms with Crippen LogP contribution in [0.5, 0.6) is 0 Å². The van der Waals surface area contributed by atoms with Crippen LogP contribution < -0.4 is 10.6 Å². The summed E-state index contributed by atoms with van der Waals surface area (Å²) < 4.78 is 28.2. The minimum Gasteiger partial charge on any atom is -0.462 e. The first-order valence-corrected chi connectivity index (χ1v) is 10.5. The highest BCUT2D eigenvalue weighted by molar-refractivity contribution is 7.91. The van der Waals surface area contributed by atoms with Gasteiger partial charge in [-0.3, -0.25) is 0 Å². The average molecular weight is 390 g/mol. The van der Waals surface area contributed by atoms with Gasteiger partial charge in [0.05, 0.1) is 23.7 Å². The zero-order valence-electron chi connectivity index (χ0n) is 15.2. The Kier molecular flexibility index (Phi) is 5.59. The molecule has 0 radical (unpaired) electrons. The number of nitrogens with one attached hydrogen (secondary N) is 2. The fraction of sp³-hybridized carbons (Fsp3) is 0.389. The Morgan fingerprint density at radius 2 is 2.00 bits per heavy atom. The number of aryl methyl sites for hydroxylation is 1. The molecule has 0 saturated carbocycles. The van der Waals surface area contributed by atoms with Crippen LogP contribution in [0, 0.1) is 6.92 Å². The highest BCUT2D eigenvalue weighted by Crippen LogP contribution is 2.20. The molecule has 0 bridgehead atoms. The van der Waals surface area contributed by atoms with Crippen LogP contribution in [0.3, 0.4) is 0 Å². The number of hydrogen-bond donors (Lipinski definition) is 2. The van der Waals surface area contributed by atoms with Crippen LogP contribution >= 0.6 is 0 Å². The Morgan fingerprint density at radius 1 is 1.26 bits per heavy atom. The Balaban J connectivity index is 1.70. The lowest BCUT2D eigenvalue weighted by Crippen LogP contribution is -2.22. The van der Waals surface area contributed by atoms with Gasteiger partial charge in [-0.25, -0.2) is 18.2 Å². The van der Waals surface area contributed by atoms with Crippen LogP contribution in [0.2, 0.25) is 0 Å². The van der Waals surface area contributed by atoms with E-state index in [-0.39, 0.29) is 23.5 Å². The van der Waals surface area contributed by atoms with Crippen molar-refractivity contribution in [1.29, 1.82) is 0 Å². The summed E-state index contributed by atoms with van der Waals surface area (Å²) in [6.07, 6.45) is 0.553. The number of sulfone groups is 1. The topological polar surface area (TPSA) is 110 Å².